The molecule has 0 saturated carbocycles. The molecule has 0 spiro atoms. The number of rotatable bonds is 2. The maximum Gasteiger partial charge on any atom is 0.416 e. The topological polar surface area (TPSA) is 37.4 Å². The Morgan fingerprint density at radius 1 is 1.24 bits per heavy atom. The molecule has 96 valence electrons. The van der Waals surface area contributed by atoms with Gasteiger partial charge in [0.2, 0.25) is 10.0 Å². The fraction of sp³-hybridized carbons (Fsp3) is 0.333. The van der Waals surface area contributed by atoms with Gasteiger partial charge in [-0.15, -0.1) is 0 Å². The van der Waals surface area contributed by atoms with E-state index >= 15 is 0 Å². The average molecular weight is 332 g/mol. The van der Waals surface area contributed by atoms with E-state index in [1.54, 1.807) is 0 Å². The van der Waals surface area contributed by atoms with Crippen molar-refractivity contribution in [1.82, 2.24) is 4.31 Å². The van der Waals surface area contributed by atoms with Gasteiger partial charge in [0.15, 0.2) is 0 Å². The number of halogens is 4. The third kappa shape index (κ3) is 2.99. The first-order valence-electron chi connectivity index (χ1n) is 4.36. The summed E-state index contributed by atoms with van der Waals surface area (Å²) in [6.45, 7) is 0. The van der Waals surface area contributed by atoms with Crippen molar-refractivity contribution in [2.75, 3.05) is 14.1 Å². The van der Waals surface area contributed by atoms with Gasteiger partial charge in [-0.25, -0.2) is 12.7 Å². The van der Waals surface area contributed by atoms with Crippen LogP contribution in [0.1, 0.15) is 5.56 Å². The maximum absolute atomic E-state index is 12.5. The van der Waals surface area contributed by atoms with E-state index in [1.807, 2.05) is 0 Å². The molecular weight excluding hydrogens is 323 g/mol. The Bertz CT molecular complexity index is 526. The first kappa shape index (κ1) is 14.5. The molecule has 0 amide bonds. The van der Waals surface area contributed by atoms with E-state index in [2.05, 4.69) is 15.9 Å². The van der Waals surface area contributed by atoms with Gasteiger partial charge in [-0.3, -0.25) is 0 Å². The zero-order chi connectivity index (χ0) is 13.4. The lowest BCUT2D eigenvalue weighted by molar-refractivity contribution is -0.137. The molecule has 8 heteroatoms. The molecule has 0 N–H and O–H groups in total. The highest BCUT2D eigenvalue weighted by molar-refractivity contribution is 9.10. The molecule has 0 aliphatic carbocycles. The first-order chi connectivity index (χ1) is 7.56. The Morgan fingerprint density at radius 3 is 2.18 bits per heavy atom. The zero-order valence-corrected chi connectivity index (χ0v) is 11.3. The summed E-state index contributed by atoms with van der Waals surface area (Å²) >= 11 is 2.93. The van der Waals surface area contributed by atoms with Crippen LogP contribution in [0, 0.1) is 0 Å². The van der Waals surface area contributed by atoms with Crippen molar-refractivity contribution in [3.05, 3.63) is 28.2 Å². The summed E-state index contributed by atoms with van der Waals surface area (Å²) in [6.07, 6.45) is -4.57. The van der Waals surface area contributed by atoms with Gasteiger partial charge in [-0.1, -0.05) is 0 Å². The van der Waals surface area contributed by atoms with Crippen LogP contribution in [0.2, 0.25) is 0 Å². The molecule has 0 atom stereocenters. The van der Waals surface area contributed by atoms with E-state index in [1.165, 1.54) is 14.1 Å². The summed E-state index contributed by atoms with van der Waals surface area (Å²) in [5, 5.41) is 0. The Hall–Kier alpha value is -0.600. The molecule has 1 aromatic carbocycles. The van der Waals surface area contributed by atoms with Crippen molar-refractivity contribution in [3.8, 4) is 0 Å². The monoisotopic (exact) mass is 331 g/mol. The molecule has 0 bridgehead atoms. The molecule has 17 heavy (non-hydrogen) atoms. The summed E-state index contributed by atoms with van der Waals surface area (Å²) in [5.41, 5.74) is -0.999. The minimum atomic E-state index is -4.57. The Balaban J connectivity index is 3.46. The minimum Gasteiger partial charge on any atom is -0.207 e. The molecule has 3 nitrogen and oxygen atoms in total. The summed E-state index contributed by atoms with van der Waals surface area (Å²) in [6, 6.07) is 2.50. The largest absolute Gasteiger partial charge is 0.416 e. The molecule has 1 aromatic rings. The number of hydrogen-bond acceptors (Lipinski definition) is 2. The van der Waals surface area contributed by atoms with Crippen LogP contribution in [0.4, 0.5) is 13.2 Å². The van der Waals surface area contributed by atoms with Crippen molar-refractivity contribution < 1.29 is 21.6 Å². The van der Waals surface area contributed by atoms with E-state index in [0.717, 1.165) is 16.4 Å². The fourth-order valence-corrected chi connectivity index (χ4v) is 2.92. The molecule has 0 aliphatic rings. The molecule has 0 saturated heterocycles. The quantitative estimate of drug-likeness (QED) is 0.835. The van der Waals surface area contributed by atoms with E-state index in [4.69, 9.17) is 0 Å². The lowest BCUT2D eigenvalue weighted by atomic mass is 10.2. The lowest BCUT2D eigenvalue weighted by Gasteiger charge is -2.15. The predicted molar refractivity (Wildman–Crippen MR) is 60.0 cm³/mol. The maximum atomic E-state index is 12.5. The summed E-state index contributed by atoms with van der Waals surface area (Å²) in [4.78, 5) is -0.405. The number of nitrogens with zero attached hydrogens (tertiary/aromatic N) is 1. The van der Waals surface area contributed by atoms with Crippen LogP contribution in [0.25, 0.3) is 0 Å². The normalized spacial score (nSPS) is 13.1. The van der Waals surface area contributed by atoms with Crippen LogP contribution in [0.3, 0.4) is 0 Å². The highest BCUT2D eigenvalue weighted by atomic mass is 79.9. The minimum absolute atomic E-state index is 0.0965. The van der Waals surface area contributed by atoms with Gasteiger partial charge in [-0.05, 0) is 34.1 Å². The van der Waals surface area contributed by atoms with Crippen LogP contribution in [-0.2, 0) is 16.2 Å². The molecular formula is C9H9BrF3NO2S. The second-order valence-electron chi connectivity index (χ2n) is 3.43. The number of sulfonamides is 1. The van der Waals surface area contributed by atoms with Crippen LogP contribution in [0.15, 0.2) is 27.6 Å². The second kappa shape index (κ2) is 4.58. The second-order valence-corrected chi connectivity index (χ2v) is 6.40. The van der Waals surface area contributed by atoms with Crippen molar-refractivity contribution in [2.24, 2.45) is 0 Å². The zero-order valence-electron chi connectivity index (χ0n) is 8.92. The van der Waals surface area contributed by atoms with E-state index in [-0.39, 0.29) is 4.47 Å². The van der Waals surface area contributed by atoms with Gasteiger partial charge in [0.25, 0.3) is 0 Å². The fourth-order valence-electron chi connectivity index (χ4n) is 1.07. The van der Waals surface area contributed by atoms with E-state index < -0.39 is 26.7 Å². The highest BCUT2D eigenvalue weighted by Crippen LogP contribution is 2.34. The molecule has 0 fully saturated rings. The van der Waals surface area contributed by atoms with Crippen LogP contribution in [-0.4, -0.2) is 26.8 Å². The first-order valence-corrected chi connectivity index (χ1v) is 6.59. The smallest absolute Gasteiger partial charge is 0.207 e. The highest BCUT2D eigenvalue weighted by Gasteiger charge is 2.33. The molecule has 0 heterocycles. The number of hydrogen-bond donors (Lipinski definition) is 0. The third-order valence-corrected chi connectivity index (χ3v) is 4.83. The molecule has 0 aliphatic heterocycles. The average Bonchev–Trinajstić information content (AvgIpc) is 2.15. The molecule has 0 aromatic heterocycles. The van der Waals surface area contributed by atoms with E-state index in [0.29, 0.717) is 6.07 Å². The number of benzene rings is 1. The Kier molecular flexibility index (Phi) is 3.90. The van der Waals surface area contributed by atoms with Crippen LogP contribution in [0.5, 0.6) is 0 Å². The van der Waals surface area contributed by atoms with Crippen molar-refractivity contribution in [3.63, 3.8) is 0 Å². The number of alkyl halides is 3. The Labute approximate surface area is 105 Å². The van der Waals surface area contributed by atoms with Gasteiger partial charge < -0.3 is 0 Å². The Morgan fingerprint density at radius 2 is 1.76 bits per heavy atom. The van der Waals surface area contributed by atoms with Gasteiger partial charge >= 0.3 is 6.18 Å². The summed E-state index contributed by atoms with van der Waals surface area (Å²) in [7, 11) is -1.40. The van der Waals surface area contributed by atoms with Gasteiger partial charge in [0.1, 0.15) is 0 Å². The standard InChI is InChI=1S/C9H9BrF3NO2S/c1-14(2)17(15,16)8-5-6(9(11,12)13)3-4-7(8)10/h3-5H,1-2H3. The summed E-state index contributed by atoms with van der Waals surface area (Å²) in [5.74, 6) is 0. The van der Waals surface area contributed by atoms with Gasteiger partial charge in [0, 0.05) is 18.6 Å². The lowest BCUT2D eigenvalue weighted by Crippen LogP contribution is -2.23. The van der Waals surface area contributed by atoms with Crippen LogP contribution >= 0.6 is 15.9 Å². The summed E-state index contributed by atoms with van der Waals surface area (Å²) < 4.78 is 61.9. The van der Waals surface area contributed by atoms with Gasteiger partial charge in [-0.2, -0.15) is 13.2 Å². The van der Waals surface area contributed by atoms with E-state index in [9.17, 15) is 21.6 Å². The molecule has 1 rings (SSSR count). The molecule has 0 radical (unpaired) electrons. The van der Waals surface area contributed by atoms with Gasteiger partial charge in [0.05, 0.1) is 10.5 Å². The SMILES string of the molecule is CN(C)S(=O)(=O)c1cc(C(F)(F)F)ccc1Br. The van der Waals surface area contributed by atoms with Crippen molar-refractivity contribution >= 4 is 26.0 Å². The molecule has 0 unspecified atom stereocenters. The predicted octanol–water partition coefficient (Wildman–Crippen LogP) is 2.72. The third-order valence-electron chi connectivity index (χ3n) is 2.02. The van der Waals surface area contributed by atoms with Crippen LogP contribution < -0.4 is 0 Å². The van der Waals surface area contributed by atoms with Crippen molar-refractivity contribution in [2.45, 2.75) is 11.1 Å². The van der Waals surface area contributed by atoms with Crippen molar-refractivity contribution in [1.29, 1.82) is 0 Å².